The van der Waals surface area contributed by atoms with Gasteiger partial charge in [0, 0.05) is 12.2 Å². The molecule has 18 heavy (non-hydrogen) atoms. The lowest BCUT2D eigenvalue weighted by Gasteiger charge is -2.24. The van der Waals surface area contributed by atoms with Crippen LogP contribution in [0.25, 0.3) is 0 Å². The lowest BCUT2D eigenvalue weighted by molar-refractivity contribution is -0.141. The molecule has 1 heterocycles. The molecule has 0 spiro atoms. The molecule has 0 saturated heterocycles. The molecule has 1 aromatic rings. The predicted octanol–water partition coefficient (Wildman–Crippen LogP) is 2.68. The van der Waals surface area contributed by atoms with Crippen LogP contribution in [0.1, 0.15) is 25.3 Å². The first kappa shape index (κ1) is 13.3. The third-order valence-electron chi connectivity index (χ3n) is 2.93. The van der Waals surface area contributed by atoms with Crippen LogP contribution in [0, 0.1) is 6.92 Å². The highest BCUT2D eigenvalue weighted by Crippen LogP contribution is 2.35. The number of hydrogen-bond donors (Lipinski definition) is 0. The number of aromatic nitrogens is 1. The SMILES string of the molecule is CCOC(=O)CN(c1nccc(C)c1Br)C1CC1. The summed E-state index contributed by atoms with van der Waals surface area (Å²) in [4.78, 5) is 18.1. The first-order valence-corrected chi connectivity index (χ1v) is 6.96. The van der Waals surface area contributed by atoms with Crippen LogP contribution in [0.15, 0.2) is 16.7 Å². The lowest BCUT2D eigenvalue weighted by Crippen LogP contribution is -2.34. The molecule has 1 saturated carbocycles. The zero-order chi connectivity index (χ0) is 13.1. The van der Waals surface area contributed by atoms with E-state index in [1.165, 1.54) is 0 Å². The topological polar surface area (TPSA) is 42.4 Å². The first-order valence-electron chi connectivity index (χ1n) is 6.16. The number of esters is 1. The van der Waals surface area contributed by atoms with E-state index in [4.69, 9.17) is 4.74 Å². The van der Waals surface area contributed by atoms with Gasteiger partial charge in [-0.2, -0.15) is 0 Å². The largest absolute Gasteiger partial charge is 0.465 e. The number of aryl methyl sites for hydroxylation is 1. The van der Waals surface area contributed by atoms with Crippen molar-refractivity contribution in [1.82, 2.24) is 4.98 Å². The van der Waals surface area contributed by atoms with Gasteiger partial charge in [0.1, 0.15) is 12.4 Å². The van der Waals surface area contributed by atoms with Crippen molar-refractivity contribution in [1.29, 1.82) is 0 Å². The normalized spacial score (nSPS) is 14.4. The van der Waals surface area contributed by atoms with Crippen LogP contribution in [0.3, 0.4) is 0 Å². The van der Waals surface area contributed by atoms with Crippen molar-refractivity contribution in [2.24, 2.45) is 0 Å². The molecular weight excluding hydrogens is 296 g/mol. The van der Waals surface area contributed by atoms with Crippen LogP contribution in [0.4, 0.5) is 5.82 Å². The minimum absolute atomic E-state index is 0.195. The Balaban J connectivity index is 2.19. The van der Waals surface area contributed by atoms with E-state index in [-0.39, 0.29) is 12.5 Å². The predicted molar refractivity (Wildman–Crippen MR) is 73.7 cm³/mol. The average Bonchev–Trinajstić information content (AvgIpc) is 3.15. The molecule has 0 aromatic carbocycles. The van der Waals surface area contributed by atoms with E-state index in [1.807, 2.05) is 24.8 Å². The molecule has 1 fully saturated rings. The van der Waals surface area contributed by atoms with Gasteiger partial charge in [0.25, 0.3) is 0 Å². The summed E-state index contributed by atoms with van der Waals surface area (Å²) in [6.45, 7) is 4.53. The molecule has 0 amide bonds. The smallest absolute Gasteiger partial charge is 0.325 e. The Hall–Kier alpha value is -1.10. The van der Waals surface area contributed by atoms with Gasteiger partial charge >= 0.3 is 5.97 Å². The van der Waals surface area contributed by atoms with Crippen molar-refractivity contribution in [2.75, 3.05) is 18.1 Å². The number of anilines is 1. The van der Waals surface area contributed by atoms with Crippen molar-refractivity contribution in [3.05, 3.63) is 22.3 Å². The molecule has 0 radical (unpaired) electrons. The maximum atomic E-state index is 11.6. The van der Waals surface area contributed by atoms with Gasteiger partial charge in [-0.15, -0.1) is 0 Å². The summed E-state index contributed by atoms with van der Waals surface area (Å²) in [5.41, 5.74) is 1.12. The summed E-state index contributed by atoms with van der Waals surface area (Å²) in [6.07, 6.45) is 4.00. The maximum Gasteiger partial charge on any atom is 0.325 e. The Labute approximate surface area is 115 Å². The first-order chi connectivity index (χ1) is 8.63. The second-order valence-corrected chi connectivity index (χ2v) is 5.22. The Morgan fingerprint density at radius 2 is 2.33 bits per heavy atom. The number of carbonyl (C=O) groups excluding carboxylic acids is 1. The van der Waals surface area contributed by atoms with Crippen molar-refractivity contribution in [2.45, 2.75) is 32.7 Å². The summed E-state index contributed by atoms with van der Waals surface area (Å²) in [5.74, 6) is 0.644. The van der Waals surface area contributed by atoms with Gasteiger partial charge < -0.3 is 9.64 Å². The lowest BCUT2D eigenvalue weighted by atomic mass is 10.3. The van der Waals surface area contributed by atoms with Crippen LogP contribution >= 0.6 is 15.9 Å². The number of carbonyl (C=O) groups is 1. The highest BCUT2D eigenvalue weighted by molar-refractivity contribution is 9.10. The molecule has 0 bridgehead atoms. The van der Waals surface area contributed by atoms with E-state index >= 15 is 0 Å². The summed E-state index contributed by atoms with van der Waals surface area (Å²) in [6, 6.07) is 2.36. The van der Waals surface area contributed by atoms with Gasteiger partial charge in [-0.1, -0.05) is 0 Å². The van der Waals surface area contributed by atoms with Crippen molar-refractivity contribution in [3.63, 3.8) is 0 Å². The van der Waals surface area contributed by atoms with Crippen molar-refractivity contribution >= 4 is 27.7 Å². The quantitative estimate of drug-likeness (QED) is 0.784. The third kappa shape index (κ3) is 3.02. The molecule has 2 rings (SSSR count). The Morgan fingerprint density at radius 3 is 2.94 bits per heavy atom. The van der Waals surface area contributed by atoms with Crippen LogP contribution in [-0.2, 0) is 9.53 Å². The minimum atomic E-state index is -0.195. The summed E-state index contributed by atoms with van der Waals surface area (Å²) in [5, 5.41) is 0. The van der Waals surface area contributed by atoms with Gasteiger partial charge in [0.05, 0.1) is 11.1 Å². The maximum absolute atomic E-state index is 11.6. The summed E-state index contributed by atoms with van der Waals surface area (Å²) < 4.78 is 5.98. The Morgan fingerprint density at radius 1 is 1.61 bits per heavy atom. The number of hydrogen-bond acceptors (Lipinski definition) is 4. The molecule has 5 heteroatoms. The number of ether oxygens (including phenoxy) is 1. The molecule has 0 atom stereocenters. The van der Waals surface area contributed by atoms with Crippen molar-refractivity contribution < 1.29 is 9.53 Å². The second kappa shape index (κ2) is 5.69. The van der Waals surface area contributed by atoms with E-state index in [1.54, 1.807) is 6.20 Å². The second-order valence-electron chi connectivity index (χ2n) is 4.43. The molecule has 1 aromatic heterocycles. The van der Waals surface area contributed by atoms with E-state index in [0.717, 1.165) is 28.7 Å². The Kier molecular flexibility index (Phi) is 4.22. The fourth-order valence-electron chi connectivity index (χ4n) is 1.83. The number of nitrogens with zero attached hydrogens (tertiary/aromatic N) is 2. The zero-order valence-corrected chi connectivity index (χ0v) is 12.2. The van der Waals surface area contributed by atoms with Gasteiger partial charge in [0.2, 0.25) is 0 Å². The fourth-order valence-corrected chi connectivity index (χ4v) is 2.30. The monoisotopic (exact) mass is 312 g/mol. The zero-order valence-electron chi connectivity index (χ0n) is 10.6. The van der Waals surface area contributed by atoms with Gasteiger partial charge in [-0.25, -0.2) is 4.98 Å². The molecule has 0 N–H and O–H groups in total. The Bertz CT molecular complexity index is 447. The van der Waals surface area contributed by atoms with Gasteiger partial charge in [-0.3, -0.25) is 4.79 Å². The molecule has 0 unspecified atom stereocenters. The van der Waals surface area contributed by atoms with Gasteiger partial charge in [-0.05, 0) is 54.2 Å². The highest BCUT2D eigenvalue weighted by Gasteiger charge is 2.32. The van der Waals surface area contributed by atoms with E-state index < -0.39 is 0 Å². The fraction of sp³-hybridized carbons (Fsp3) is 0.538. The van der Waals surface area contributed by atoms with E-state index in [9.17, 15) is 4.79 Å². The molecule has 98 valence electrons. The van der Waals surface area contributed by atoms with Crippen LogP contribution in [0.2, 0.25) is 0 Å². The van der Waals surface area contributed by atoms with Gasteiger partial charge in [0.15, 0.2) is 0 Å². The molecular formula is C13H17BrN2O2. The van der Waals surface area contributed by atoms with Crippen LogP contribution in [-0.4, -0.2) is 30.1 Å². The number of halogens is 1. The molecule has 1 aliphatic rings. The molecule has 0 aliphatic heterocycles. The number of rotatable bonds is 5. The van der Waals surface area contributed by atoms with E-state index in [2.05, 4.69) is 20.9 Å². The molecule has 4 nitrogen and oxygen atoms in total. The number of pyridine rings is 1. The van der Waals surface area contributed by atoms with E-state index in [0.29, 0.717) is 12.6 Å². The van der Waals surface area contributed by atoms with Crippen LogP contribution in [0.5, 0.6) is 0 Å². The summed E-state index contributed by atoms with van der Waals surface area (Å²) >= 11 is 3.55. The van der Waals surface area contributed by atoms with Crippen molar-refractivity contribution in [3.8, 4) is 0 Å². The molecule has 1 aliphatic carbocycles. The van der Waals surface area contributed by atoms with Crippen LogP contribution < -0.4 is 4.90 Å². The third-order valence-corrected chi connectivity index (χ3v) is 3.91. The minimum Gasteiger partial charge on any atom is -0.465 e. The highest BCUT2D eigenvalue weighted by atomic mass is 79.9. The average molecular weight is 313 g/mol. The standard InChI is InChI=1S/C13H17BrN2O2/c1-3-18-11(17)8-16(10-4-5-10)13-12(14)9(2)6-7-15-13/h6-7,10H,3-5,8H2,1-2H3. The summed E-state index contributed by atoms with van der Waals surface area (Å²) in [7, 11) is 0.